The van der Waals surface area contributed by atoms with Crippen LogP contribution in [0.2, 0.25) is 10.0 Å². The van der Waals surface area contributed by atoms with Gasteiger partial charge in [0.05, 0.1) is 17.3 Å². The van der Waals surface area contributed by atoms with E-state index in [1.54, 1.807) is 37.4 Å². The van der Waals surface area contributed by atoms with Gasteiger partial charge in [-0.3, -0.25) is 14.4 Å². The quantitative estimate of drug-likeness (QED) is 0.175. The van der Waals surface area contributed by atoms with Crippen LogP contribution < -0.4 is 25.2 Å². The molecule has 3 aromatic carbocycles. The number of hydrogen-bond donors (Lipinski definition) is 2. The second-order valence-corrected chi connectivity index (χ2v) is 11.5. The van der Waals surface area contributed by atoms with Crippen LogP contribution in [-0.4, -0.2) is 50.4 Å². The number of rotatable bonds is 10. The summed E-state index contributed by atoms with van der Waals surface area (Å²) in [5.74, 6) is -0.399. The number of nitrogens with zero attached hydrogens (tertiary/aromatic N) is 3. The van der Waals surface area contributed by atoms with Crippen LogP contribution in [0, 0.1) is 13.8 Å². The Morgan fingerprint density at radius 2 is 1.72 bits per heavy atom. The lowest BCUT2D eigenvalue weighted by Gasteiger charge is -2.21. The summed E-state index contributed by atoms with van der Waals surface area (Å²) in [5, 5.41) is 6.96. The third-order valence-electron chi connectivity index (χ3n) is 7.07. The highest BCUT2D eigenvalue weighted by Gasteiger charge is 2.20. The van der Waals surface area contributed by atoms with Crippen LogP contribution >= 0.6 is 35.6 Å². The van der Waals surface area contributed by atoms with Crippen molar-refractivity contribution in [1.82, 2.24) is 10.3 Å². The van der Waals surface area contributed by atoms with Gasteiger partial charge >= 0.3 is 0 Å². The van der Waals surface area contributed by atoms with Crippen LogP contribution in [0.25, 0.3) is 17.0 Å². The smallest absolute Gasteiger partial charge is 0.246 e. The van der Waals surface area contributed by atoms with Crippen molar-refractivity contribution in [2.45, 2.75) is 27.4 Å². The van der Waals surface area contributed by atoms with E-state index in [-0.39, 0.29) is 42.4 Å². The highest BCUT2D eigenvalue weighted by molar-refractivity contribution is 6.38. The summed E-state index contributed by atoms with van der Waals surface area (Å²) in [5.41, 5.74) is 5.87. The number of likely N-dealkylation sites (N-methyl/N-ethyl adjacent to an activating group) is 1. The van der Waals surface area contributed by atoms with Gasteiger partial charge in [0.2, 0.25) is 17.7 Å². The first-order chi connectivity index (χ1) is 21.3. The number of aromatic nitrogens is 1. The number of pyridine rings is 1. The number of hydrogen-bond acceptors (Lipinski definition) is 6. The summed E-state index contributed by atoms with van der Waals surface area (Å²) in [6.07, 6.45) is 2.97. The zero-order valence-electron chi connectivity index (χ0n) is 26.4. The molecule has 0 saturated carbocycles. The van der Waals surface area contributed by atoms with Crippen molar-refractivity contribution >= 4 is 87.4 Å². The van der Waals surface area contributed by atoms with E-state index in [1.807, 2.05) is 63.2 Å². The zero-order valence-corrected chi connectivity index (χ0v) is 28.7. The third-order valence-corrected chi connectivity index (χ3v) is 7.84. The molecular formula is C34H36Cl3N5O4. The molecule has 0 aliphatic heterocycles. The molecule has 2 N–H and O–H groups in total. The van der Waals surface area contributed by atoms with Crippen LogP contribution in [-0.2, 0) is 21.0 Å². The molecule has 0 bridgehead atoms. The fraction of sp³-hybridized carbons (Fsp3) is 0.235. The summed E-state index contributed by atoms with van der Waals surface area (Å²) < 4.78 is 6.19. The van der Waals surface area contributed by atoms with Crippen molar-refractivity contribution in [3.05, 3.63) is 93.1 Å². The standard InChI is InChI=1S/C34H35Cl2N5O4.ClH/c1-20-16-23(10-13-27(20)39-22(3)42)11-15-31(43)37-18-32(44)41(6)28-14-12-26(35)25(33(28)36)19-45-30-9-7-8-24-29(40(4)5)17-21(2)38-34(24)30;/h7-17H,18-19H2,1-6H3,(H,37,43)(H,39,42);1H/b15-11+;. The SMILES string of the molecule is CC(=O)Nc1ccc(/C=C/C(=O)NCC(=O)N(C)c2ccc(Cl)c(COc3cccc4c(N(C)C)cc(C)nc34)c2Cl)cc1C.Cl. The molecule has 0 aliphatic carbocycles. The van der Waals surface area contributed by atoms with Crippen LogP contribution in [0.3, 0.4) is 0 Å². The van der Waals surface area contributed by atoms with E-state index in [0.717, 1.165) is 33.4 Å². The van der Waals surface area contributed by atoms with E-state index in [9.17, 15) is 14.4 Å². The number of carbonyl (C=O) groups is 3. The Labute approximate surface area is 284 Å². The number of ether oxygens (including phenoxy) is 1. The lowest BCUT2D eigenvalue weighted by molar-refractivity contribution is -0.122. The lowest BCUT2D eigenvalue weighted by atomic mass is 10.1. The summed E-state index contributed by atoms with van der Waals surface area (Å²) in [4.78, 5) is 44.8. The Morgan fingerprint density at radius 1 is 0.978 bits per heavy atom. The number of para-hydroxylation sites is 1. The molecule has 0 aliphatic rings. The Kier molecular flexibility index (Phi) is 12.4. The number of amides is 3. The maximum Gasteiger partial charge on any atom is 0.246 e. The number of benzene rings is 3. The minimum Gasteiger partial charge on any atom is -0.487 e. The van der Waals surface area contributed by atoms with Crippen molar-refractivity contribution in [2.75, 3.05) is 42.8 Å². The lowest BCUT2D eigenvalue weighted by Crippen LogP contribution is -2.37. The number of halogens is 3. The number of anilines is 3. The average molecular weight is 685 g/mol. The van der Waals surface area contributed by atoms with E-state index in [2.05, 4.69) is 10.6 Å². The number of aryl methyl sites for hydroxylation is 2. The largest absolute Gasteiger partial charge is 0.487 e. The Balaban J connectivity index is 0.00000576. The highest BCUT2D eigenvalue weighted by Crippen LogP contribution is 2.36. The molecule has 46 heavy (non-hydrogen) atoms. The molecule has 1 heterocycles. The Morgan fingerprint density at radius 3 is 2.39 bits per heavy atom. The summed E-state index contributed by atoms with van der Waals surface area (Å²) in [6, 6.07) is 16.5. The average Bonchev–Trinajstić information content (AvgIpc) is 2.99. The molecule has 0 spiro atoms. The van der Waals surface area contributed by atoms with E-state index in [0.29, 0.717) is 27.7 Å². The number of fused-ring (bicyclic) bond motifs is 1. The fourth-order valence-electron chi connectivity index (χ4n) is 4.71. The molecular weight excluding hydrogens is 649 g/mol. The monoisotopic (exact) mass is 683 g/mol. The van der Waals surface area contributed by atoms with Gasteiger partial charge in [-0.15, -0.1) is 12.4 Å². The van der Waals surface area contributed by atoms with Gasteiger partial charge in [0.25, 0.3) is 0 Å². The minimum absolute atomic E-state index is 0. The van der Waals surface area contributed by atoms with Crippen molar-refractivity contribution in [1.29, 1.82) is 0 Å². The molecule has 4 rings (SSSR count). The number of nitrogens with one attached hydrogen (secondary N) is 2. The second-order valence-electron chi connectivity index (χ2n) is 10.7. The highest BCUT2D eigenvalue weighted by atomic mass is 35.5. The molecule has 0 atom stereocenters. The predicted octanol–water partition coefficient (Wildman–Crippen LogP) is 6.98. The molecule has 0 unspecified atom stereocenters. The third kappa shape index (κ3) is 8.69. The van der Waals surface area contributed by atoms with Crippen molar-refractivity contribution in [3.63, 3.8) is 0 Å². The van der Waals surface area contributed by atoms with Gasteiger partial charge in [0.15, 0.2) is 0 Å². The van der Waals surface area contributed by atoms with E-state index in [4.69, 9.17) is 32.9 Å². The van der Waals surface area contributed by atoms with E-state index < -0.39 is 5.91 Å². The molecule has 9 nitrogen and oxygen atoms in total. The maximum absolute atomic E-state index is 13.0. The van der Waals surface area contributed by atoms with Crippen LogP contribution in [0.1, 0.15) is 29.3 Å². The first kappa shape index (κ1) is 36.2. The number of carbonyl (C=O) groups excluding carboxylic acids is 3. The van der Waals surface area contributed by atoms with Gasteiger partial charge in [-0.05, 0) is 67.4 Å². The van der Waals surface area contributed by atoms with Crippen LogP contribution in [0.5, 0.6) is 5.75 Å². The molecule has 242 valence electrons. The van der Waals surface area contributed by atoms with Gasteiger partial charge in [-0.25, -0.2) is 4.98 Å². The summed E-state index contributed by atoms with van der Waals surface area (Å²) in [6.45, 7) is 5.03. The molecule has 0 radical (unpaired) electrons. The zero-order chi connectivity index (χ0) is 32.8. The fourth-order valence-corrected chi connectivity index (χ4v) is 5.32. The van der Waals surface area contributed by atoms with Crippen LogP contribution in [0.15, 0.2) is 60.7 Å². The molecule has 0 fully saturated rings. The first-order valence-corrected chi connectivity index (χ1v) is 14.9. The summed E-state index contributed by atoms with van der Waals surface area (Å²) >= 11 is 13.3. The van der Waals surface area contributed by atoms with E-state index in [1.165, 1.54) is 17.9 Å². The predicted molar refractivity (Wildman–Crippen MR) is 190 cm³/mol. The second kappa shape index (κ2) is 15.8. The Bertz CT molecular complexity index is 1810. The molecule has 4 aromatic rings. The minimum atomic E-state index is -0.437. The normalized spacial score (nSPS) is 10.8. The van der Waals surface area contributed by atoms with Crippen molar-refractivity contribution in [3.8, 4) is 5.75 Å². The van der Waals surface area contributed by atoms with E-state index >= 15 is 0 Å². The van der Waals surface area contributed by atoms with Gasteiger partial charge in [0, 0.05) is 67.2 Å². The molecule has 3 amide bonds. The maximum atomic E-state index is 13.0. The van der Waals surface area contributed by atoms with Gasteiger partial charge < -0.3 is 25.2 Å². The molecule has 0 saturated heterocycles. The van der Waals surface area contributed by atoms with Gasteiger partial charge in [-0.1, -0.05) is 41.4 Å². The Hall–Kier alpha value is -4.31. The molecule has 1 aromatic heterocycles. The first-order valence-electron chi connectivity index (χ1n) is 14.1. The topological polar surface area (TPSA) is 104 Å². The van der Waals surface area contributed by atoms with Crippen LogP contribution in [0.4, 0.5) is 17.1 Å². The van der Waals surface area contributed by atoms with Gasteiger partial charge in [-0.2, -0.15) is 0 Å². The summed E-state index contributed by atoms with van der Waals surface area (Å²) in [7, 11) is 5.53. The van der Waals surface area contributed by atoms with Crippen molar-refractivity contribution < 1.29 is 19.1 Å². The molecule has 12 heteroatoms. The van der Waals surface area contributed by atoms with Gasteiger partial charge in [0.1, 0.15) is 17.9 Å². The van der Waals surface area contributed by atoms with Crippen molar-refractivity contribution in [2.24, 2.45) is 0 Å².